The molecule has 2 aliphatic rings. The molecule has 2 aliphatic heterocycles. The van der Waals surface area contributed by atoms with Crippen molar-refractivity contribution in [2.75, 3.05) is 39.4 Å². The summed E-state index contributed by atoms with van der Waals surface area (Å²) in [6, 6.07) is 0. The smallest absolute Gasteiger partial charge is 0.122 e. The zero-order valence-electron chi connectivity index (χ0n) is 13.3. The Morgan fingerprint density at radius 2 is 2.04 bits per heavy atom. The van der Waals surface area contributed by atoms with Crippen LogP contribution >= 0.6 is 11.3 Å². The summed E-state index contributed by atoms with van der Waals surface area (Å²) in [6.45, 7) is 8.96. The Kier molecular flexibility index (Phi) is 4.70. The molecule has 2 aromatic rings. The predicted octanol–water partition coefficient (Wildman–Crippen LogP) is 1.30. The van der Waals surface area contributed by atoms with E-state index in [1.807, 2.05) is 12.4 Å². The van der Waals surface area contributed by atoms with Crippen LogP contribution in [0.25, 0.3) is 0 Å². The fourth-order valence-electron chi connectivity index (χ4n) is 3.53. The summed E-state index contributed by atoms with van der Waals surface area (Å²) in [4.78, 5) is 14.0. The average molecular weight is 333 g/mol. The van der Waals surface area contributed by atoms with E-state index in [-0.39, 0.29) is 0 Å². The molecule has 2 aromatic heterocycles. The second-order valence-electron chi connectivity index (χ2n) is 6.37. The van der Waals surface area contributed by atoms with Crippen LogP contribution in [0.2, 0.25) is 0 Å². The lowest BCUT2D eigenvalue weighted by molar-refractivity contribution is 0.0265. The summed E-state index contributed by atoms with van der Waals surface area (Å²) in [5.74, 6) is 1.79. The Morgan fingerprint density at radius 1 is 1.13 bits per heavy atom. The summed E-state index contributed by atoms with van der Waals surface area (Å²) < 4.78 is 7.80. The molecule has 0 amide bonds. The SMILES string of the molecule is c1csc(CN2Cc3nccn3C[C@@H](CN3CCOCC3)C2)n1. The molecule has 124 valence electrons. The van der Waals surface area contributed by atoms with E-state index in [1.54, 1.807) is 11.3 Å². The summed E-state index contributed by atoms with van der Waals surface area (Å²) in [5.41, 5.74) is 0. The van der Waals surface area contributed by atoms with Crippen LogP contribution in [0.3, 0.4) is 0 Å². The minimum atomic E-state index is 0.614. The molecule has 1 atom stereocenters. The quantitative estimate of drug-likeness (QED) is 0.844. The van der Waals surface area contributed by atoms with E-state index in [1.165, 1.54) is 10.8 Å². The van der Waals surface area contributed by atoms with E-state index in [4.69, 9.17) is 4.74 Å². The van der Waals surface area contributed by atoms with Gasteiger partial charge in [0.1, 0.15) is 10.8 Å². The van der Waals surface area contributed by atoms with Gasteiger partial charge in [-0.3, -0.25) is 9.80 Å². The number of fused-ring (bicyclic) bond motifs is 1. The molecule has 4 rings (SSSR count). The minimum Gasteiger partial charge on any atom is -0.379 e. The molecule has 6 nitrogen and oxygen atoms in total. The average Bonchev–Trinajstić information content (AvgIpc) is 3.18. The standard InChI is InChI=1S/C16H23N5OS/c1-3-21-11-14(9-19-4-6-22-7-5-19)10-20(12-15(21)17-1)13-16-18-2-8-23-16/h1-3,8,14H,4-7,9-13H2/t14-/m0/s1. The Balaban J connectivity index is 1.47. The van der Waals surface area contributed by atoms with Gasteiger partial charge in [-0.2, -0.15) is 0 Å². The van der Waals surface area contributed by atoms with Crippen LogP contribution in [-0.4, -0.2) is 63.7 Å². The molecule has 1 fully saturated rings. The highest BCUT2D eigenvalue weighted by atomic mass is 32.1. The van der Waals surface area contributed by atoms with Crippen LogP contribution in [0.15, 0.2) is 24.0 Å². The molecule has 1 saturated heterocycles. The van der Waals surface area contributed by atoms with Crippen molar-refractivity contribution in [3.05, 3.63) is 34.8 Å². The number of nitrogens with zero attached hydrogens (tertiary/aromatic N) is 5. The van der Waals surface area contributed by atoms with Crippen molar-refractivity contribution in [2.45, 2.75) is 19.6 Å². The van der Waals surface area contributed by atoms with Gasteiger partial charge in [0.05, 0.1) is 26.3 Å². The van der Waals surface area contributed by atoms with Gasteiger partial charge in [0.15, 0.2) is 0 Å². The number of hydrogen-bond acceptors (Lipinski definition) is 6. The fourth-order valence-corrected chi connectivity index (χ4v) is 4.19. The van der Waals surface area contributed by atoms with Gasteiger partial charge in [-0.15, -0.1) is 11.3 Å². The van der Waals surface area contributed by atoms with Crippen LogP contribution in [0.5, 0.6) is 0 Å². The number of morpholine rings is 1. The molecule has 0 N–H and O–H groups in total. The second kappa shape index (κ2) is 7.09. The van der Waals surface area contributed by atoms with Crippen LogP contribution in [-0.2, 0) is 24.4 Å². The number of imidazole rings is 1. The molecule has 0 bridgehead atoms. The van der Waals surface area contributed by atoms with Gasteiger partial charge >= 0.3 is 0 Å². The normalized spacial score (nSPS) is 23.6. The Labute approximate surface area is 140 Å². The zero-order valence-corrected chi connectivity index (χ0v) is 14.1. The minimum absolute atomic E-state index is 0.614. The summed E-state index contributed by atoms with van der Waals surface area (Å²) in [5, 5.41) is 3.24. The lowest BCUT2D eigenvalue weighted by Crippen LogP contribution is -2.42. The number of aromatic nitrogens is 3. The number of thiazole rings is 1. The molecule has 4 heterocycles. The molecule has 0 saturated carbocycles. The van der Waals surface area contributed by atoms with E-state index in [9.17, 15) is 0 Å². The first-order chi connectivity index (χ1) is 11.4. The van der Waals surface area contributed by atoms with Crippen LogP contribution in [0, 0.1) is 5.92 Å². The monoisotopic (exact) mass is 333 g/mol. The first-order valence-corrected chi connectivity index (χ1v) is 9.15. The van der Waals surface area contributed by atoms with Crippen LogP contribution < -0.4 is 0 Å². The predicted molar refractivity (Wildman–Crippen MR) is 89.2 cm³/mol. The summed E-state index contributed by atoms with van der Waals surface area (Å²) in [6.07, 6.45) is 5.94. The molecule has 0 spiro atoms. The van der Waals surface area contributed by atoms with Crippen molar-refractivity contribution >= 4 is 11.3 Å². The topological polar surface area (TPSA) is 46.4 Å². The molecular weight excluding hydrogens is 310 g/mol. The highest BCUT2D eigenvalue weighted by Crippen LogP contribution is 2.19. The van der Waals surface area contributed by atoms with E-state index in [0.717, 1.165) is 59.0 Å². The van der Waals surface area contributed by atoms with Crippen molar-refractivity contribution in [2.24, 2.45) is 5.92 Å². The summed E-state index contributed by atoms with van der Waals surface area (Å²) >= 11 is 1.74. The maximum absolute atomic E-state index is 5.47. The Morgan fingerprint density at radius 3 is 2.87 bits per heavy atom. The lowest BCUT2D eigenvalue weighted by atomic mass is 10.1. The van der Waals surface area contributed by atoms with Crippen molar-refractivity contribution in [1.82, 2.24) is 24.3 Å². The van der Waals surface area contributed by atoms with Crippen LogP contribution in [0.1, 0.15) is 10.8 Å². The van der Waals surface area contributed by atoms with E-state index < -0.39 is 0 Å². The number of rotatable bonds is 4. The highest BCUT2D eigenvalue weighted by Gasteiger charge is 2.25. The van der Waals surface area contributed by atoms with E-state index in [2.05, 4.69) is 35.9 Å². The molecule has 0 aromatic carbocycles. The first-order valence-electron chi connectivity index (χ1n) is 8.27. The molecule has 23 heavy (non-hydrogen) atoms. The third kappa shape index (κ3) is 3.80. The second-order valence-corrected chi connectivity index (χ2v) is 7.35. The zero-order chi connectivity index (χ0) is 15.5. The third-order valence-electron chi connectivity index (χ3n) is 4.60. The third-order valence-corrected chi connectivity index (χ3v) is 5.36. The number of ether oxygens (including phenoxy) is 1. The van der Waals surface area contributed by atoms with Crippen molar-refractivity contribution in [1.29, 1.82) is 0 Å². The van der Waals surface area contributed by atoms with Gasteiger partial charge in [-0.25, -0.2) is 9.97 Å². The van der Waals surface area contributed by atoms with Gasteiger partial charge in [0.2, 0.25) is 0 Å². The lowest BCUT2D eigenvalue weighted by Gasteiger charge is -2.31. The largest absolute Gasteiger partial charge is 0.379 e. The molecular formula is C16H23N5OS. The maximum Gasteiger partial charge on any atom is 0.122 e. The molecule has 0 aliphatic carbocycles. The van der Waals surface area contributed by atoms with Gasteiger partial charge in [0.25, 0.3) is 0 Å². The number of hydrogen-bond donors (Lipinski definition) is 0. The highest BCUT2D eigenvalue weighted by molar-refractivity contribution is 7.09. The molecule has 0 radical (unpaired) electrons. The van der Waals surface area contributed by atoms with Gasteiger partial charge in [-0.05, 0) is 0 Å². The maximum atomic E-state index is 5.47. The molecule has 0 unspecified atom stereocenters. The van der Waals surface area contributed by atoms with Crippen molar-refractivity contribution in [3.8, 4) is 0 Å². The first kappa shape index (κ1) is 15.3. The van der Waals surface area contributed by atoms with Gasteiger partial charge in [-0.1, -0.05) is 0 Å². The summed E-state index contributed by atoms with van der Waals surface area (Å²) in [7, 11) is 0. The van der Waals surface area contributed by atoms with Crippen molar-refractivity contribution in [3.63, 3.8) is 0 Å². The van der Waals surface area contributed by atoms with Gasteiger partial charge < -0.3 is 9.30 Å². The van der Waals surface area contributed by atoms with E-state index in [0.29, 0.717) is 5.92 Å². The molecule has 7 heteroatoms. The van der Waals surface area contributed by atoms with Crippen molar-refractivity contribution < 1.29 is 4.74 Å². The van der Waals surface area contributed by atoms with Crippen LogP contribution in [0.4, 0.5) is 0 Å². The van der Waals surface area contributed by atoms with E-state index >= 15 is 0 Å². The Bertz CT molecular complexity index is 608. The Hall–Kier alpha value is -1.28. The van der Waals surface area contributed by atoms with Gasteiger partial charge in [0, 0.05) is 62.6 Å². The fraction of sp³-hybridized carbons (Fsp3) is 0.625.